The van der Waals surface area contributed by atoms with Gasteiger partial charge in [0.2, 0.25) is 5.91 Å². The van der Waals surface area contributed by atoms with E-state index in [-0.39, 0.29) is 5.91 Å². The number of nitrogens with zero attached hydrogens (tertiary/aromatic N) is 1. The molecule has 0 radical (unpaired) electrons. The van der Waals surface area contributed by atoms with Crippen molar-refractivity contribution in [3.8, 4) is 0 Å². The van der Waals surface area contributed by atoms with Gasteiger partial charge in [0.25, 0.3) is 0 Å². The first-order valence-electron chi connectivity index (χ1n) is 8.25. The number of hydrazone groups is 1. The van der Waals surface area contributed by atoms with E-state index in [0.29, 0.717) is 6.42 Å². The van der Waals surface area contributed by atoms with Crippen LogP contribution in [0.25, 0.3) is 0 Å². The Morgan fingerprint density at radius 2 is 1.95 bits per heavy atom. The molecular weight excluding hydrogens is 260 g/mol. The molecule has 1 aromatic rings. The van der Waals surface area contributed by atoms with Crippen molar-refractivity contribution in [3.05, 3.63) is 35.4 Å². The molecule has 0 aromatic heterocycles. The molecule has 0 heterocycles. The monoisotopic (exact) mass is 286 g/mol. The summed E-state index contributed by atoms with van der Waals surface area (Å²) in [6, 6.07) is 8.36. The van der Waals surface area contributed by atoms with Gasteiger partial charge in [-0.15, -0.1) is 0 Å². The molecule has 1 N–H and O–H groups in total. The van der Waals surface area contributed by atoms with Gasteiger partial charge in [0.05, 0.1) is 5.71 Å². The maximum Gasteiger partial charge on any atom is 0.240 e. The summed E-state index contributed by atoms with van der Waals surface area (Å²) in [6.45, 7) is 2.20. The van der Waals surface area contributed by atoms with Crippen molar-refractivity contribution in [2.45, 2.75) is 64.7 Å². The predicted octanol–water partition coefficient (Wildman–Crippen LogP) is 4.20. The van der Waals surface area contributed by atoms with Gasteiger partial charge in [0, 0.05) is 12.0 Å². The molecule has 3 heteroatoms. The van der Waals surface area contributed by atoms with Crippen molar-refractivity contribution in [2.75, 3.05) is 0 Å². The molecule has 0 aliphatic heterocycles. The zero-order chi connectivity index (χ0) is 14.9. The van der Waals surface area contributed by atoms with Crippen molar-refractivity contribution in [1.29, 1.82) is 0 Å². The number of hydrogen-bond acceptors (Lipinski definition) is 2. The highest BCUT2D eigenvalue weighted by Crippen LogP contribution is 2.21. The van der Waals surface area contributed by atoms with E-state index in [1.165, 1.54) is 30.4 Å². The zero-order valence-electron chi connectivity index (χ0n) is 13.0. The van der Waals surface area contributed by atoms with Crippen molar-refractivity contribution in [2.24, 2.45) is 5.10 Å². The van der Waals surface area contributed by atoms with E-state index in [2.05, 4.69) is 35.7 Å². The fraction of sp³-hybridized carbons (Fsp3) is 0.556. The quantitative estimate of drug-likeness (QED) is 0.592. The van der Waals surface area contributed by atoms with Crippen LogP contribution in [0.15, 0.2) is 29.4 Å². The summed E-state index contributed by atoms with van der Waals surface area (Å²) in [5.41, 5.74) is 6.30. The van der Waals surface area contributed by atoms with E-state index < -0.39 is 0 Å². The number of amides is 1. The topological polar surface area (TPSA) is 41.5 Å². The molecular formula is C18H26N2O. The Morgan fingerprint density at radius 1 is 1.14 bits per heavy atom. The van der Waals surface area contributed by atoms with E-state index in [1.54, 1.807) is 0 Å². The molecule has 114 valence electrons. The highest BCUT2D eigenvalue weighted by Gasteiger charge is 2.14. The maximum atomic E-state index is 11.8. The van der Waals surface area contributed by atoms with Crippen LogP contribution in [-0.4, -0.2) is 11.6 Å². The fourth-order valence-electron chi connectivity index (χ4n) is 2.79. The van der Waals surface area contributed by atoms with Crippen LogP contribution in [0.5, 0.6) is 0 Å². The molecule has 0 saturated heterocycles. The molecule has 1 aliphatic carbocycles. The van der Waals surface area contributed by atoms with Gasteiger partial charge in [-0.05, 0) is 31.2 Å². The lowest BCUT2D eigenvalue weighted by Crippen LogP contribution is -2.21. The fourth-order valence-corrected chi connectivity index (χ4v) is 2.79. The van der Waals surface area contributed by atoms with E-state index in [1.807, 2.05) is 6.07 Å². The SMILES string of the molecule is CCCCCCCC(=O)N/N=C1/CCCc2ccccc21. The summed E-state index contributed by atoms with van der Waals surface area (Å²) in [5, 5.41) is 4.36. The molecule has 0 unspecified atom stereocenters. The number of carbonyl (C=O) groups excluding carboxylic acids is 1. The third-order valence-electron chi connectivity index (χ3n) is 4.01. The number of fused-ring (bicyclic) bond motifs is 1. The van der Waals surface area contributed by atoms with Crippen LogP contribution in [0.1, 0.15) is 69.4 Å². The second-order valence-corrected chi connectivity index (χ2v) is 5.77. The molecule has 0 saturated carbocycles. The minimum absolute atomic E-state index is 0.0436. The molecule has 0 bridgehead atoms. The maximum absolute atomic E-state index is 11.8. The first kappa shape index (κ1) is 15.7. The van der Waals surface area contributed by atoms with Gasteiger partial charge < -0.3 is 0 Å². The van der Waals surface area contributed by atoms with E-state index in [9.17, 15) is 4.79 Å². The summed E-state index contributed by atoms with van der Waals surface area (Å²) >= 11 is 0. The number of hydrogen-bond donors (Lipinski definition) is 1. The van der Waals surface area contributed by atoms with Crippen molar-refractivity contribution in [1.82, 2.24) is 5.43 Å². The van der Waals surface area contributed by atoms with Crippen molar-refractivity contribution >= 4 is 11.6 Å². The number of nitrogens with one attached hydrogen (secondary N) is 1. The largest absolute Gasteiger partial charge is 0.273 e. The van der Waals surface area contributed by atoms with E-state index in [0.717, 1.165) is 37.8 Å². The first-order valence-corrected chi connectivity index (χ1v) is 8.25. The van der Waals surface area contributed by atoms with Gasteiger partial charge in [-0.25, -0.2) is 5.43 Å². The van der Waals surface area contributed by atoms with E-state index in [4.69, 9.17) is 0 Å². The highest BCUT2D eigenvalue weighted by molar-refractivity contribution is 6.03. The lowest BCUT2D eigenvalue weighted by atomic mass is 9.90. The number of aryl methyl sites for hydroxylation is 1. The highest BCUT2D eigenvalue weighted by atomic mass is 16.2. The van der Waals surface area contributed by atoms with Crippen LogP contribution in [0, 0.1) is 0 Å². The van der Waals surface area contributed by atoms with Crippen LogP contribution < -0.4 is 5.43 Å². The molecule has 0 spiro atoms. The number of rotatable bonds is 7. The van der Waals surface area contributed by atoms with Crippen LogP contribution in [0.2, 0.25) is 0 Å². The lowest BCUT2D eigenvalue weighted by Gasteiger charge is -2.17. The molecule has 21 heavy (non-hydrogen) atoms. The average molecular weight is 286 g/mol. The second-order valence-electron chi connectivity index (χ2n) is 5.77. The summed E-state index contributed by atoms with van der Waals surface area (Å²) in [7, 11) is 0. The smallest absolute Gasteiger partial charge is 0.240 e. The van der Waals surface area contributed by atoms with Gasteiger partial charge in [-0.1, -0.05) is 56.9 Å². The van der Waals surface area contributed by atoms with Gasteiger partial charge in [-0.2, -0.15) is 5.10 Å². The number of benzene rings is 1. The van der Waals surface area contributed by atoms with Gasteiger partial charge >= 0.3 is 0 Å². The Morgan fingerprint density at radius 3 is 2.81 bits per heavy atom. The molecule has 2 rings (SSSR count). The second kappa shape index (κ2) is 8.60. The molecule has 0 fully saturated rings. The van der Waals surface area contributed by atoms with E-state index >= 15 is 0 Å². The Balaban J connectivity index is 1.80. The molecule has 1 aromatic carbocycles. The number of carbonyl (C=O) groups is 1. The van der Waals surface area contributed by atoms with Crippen LogP contribution in [0.3, 0.4) is 0 Å². The normalized spacial score (nSPS) is 15.8. The lowest BCUT2D eigenvalue weighted by molar-refractivity contribution is -0.121. The summed E-state index contributed by atoms with van der Waals surface area (Å²) in [5.74, 6) is 0.0436. The minimum Gasteiger partial charge on any atom is -0.273 e. The third-order valence-corrected chi connectivity index (χ3v) is 4.01. The first-order chi connectivity index (χ1) is 10.3. The molecule has 0 atom stereocenters. The molecule has 1 amide bonds. The predicted molar refractivity (Wildman–Crippen MR) is 87.4 cm³/mol. The molecule has 3 nitrogen and oxygen atoms in total. The van der Waals surface area contributed by atoms with Crippen LogP contribution >= 0.6 is 0 Å². The summed E-state index contributed by atoms with van der Waals surface area (Å²) < 4.78 is 0. The van der Waals surface area contributed by atoms with Crippen LogP contribution in [-0.2, 0) is 11.2 Å². The zero-order valence-corrected chi connectivity index (χ0v) is 13.0. The Kier molecular flexibility index (Phi) is 6.45. The Hall–Kier alpha value is -1.64. The van der Waals surface area contributed by atoms with Crippen LogP contribution in [0.4, 0.5) is 0 Å². The number of unbranched alkanes of at least 4 members (excludes halogenated alkanes) is 4. The third kappa shape index (κ3) is 5.00. The Bertz CT molecular complexity index is 494. The van der Waals surface area contributed by atoms with Gasteiger partial charge in [0.15, 0.2) is 0 Å². The van der Waals surface area contributed by atoms with Crippen molar-refractivity contribution in [3.63, 3.8) is 0 Å². The summed E-state index contributed by atoms with van der Waals surface area (Å²) in [4.78, 5) is 11.8. The Labute approximate surface area is 127 Å². The summed E-state index contributed by atoms with van der Waals surface area (Å²) in [6.07, 6.45) is 9.60. The van der Waals surface area contributed by atoms with Gasteiger partial charge in [-0.3, -0.25) is 4.79 Å². The van der Waals surface area contributed by atoms with Gasteiger partial charge in [0.1, 0.15) is 0 Å². The minimum atomic E-state index is 0.0436. The molecule has 1 aliphatic rings. The average Bonchev–Trinajstić information content (AvgIpc) is 2.52. The standard InChI is InChI=1S/C18H26N2O/c1-2-3-4-5-6-14-18(21)20-19-17-13-9-11-15-10-7-8-12-16(15)17/h7-8,10,12H,2-6,9,11,13-14H2,1H3,(H,20,21)/b19-17-. The van der Waals surface area contributed by atoms with Crippen molar-refractivity contribution < 1.29 is 4.79 Å².